The Morgan fingerprint density at radius 3 is 2.76 bits per heavy atom. The second-order valence-electron chi connectivity index (χ2n) is 5.77. The van der Waals surface area contributed by atoms with E-state index in [-0.39, 0.29) is 0 Å². The summed E-state index contributed by atoms with van der Waals surface area (Å²) in [5, 5.41) is 14.5. The summed E-state index contributed by atoms with van der Waals surface area (Å²) in [4.78, 5) is 4.47. The van der Waals surface area contributed by atoms with Crippen LogP contribution >= 0.6 is 0 Å². The number of para-hydroxylation sites is 1. The molecule has 25 heavy (non-hydrogen) atoms. The number of aromatic nitrogens is 3. The summed E-state index contributed by atoms with van der Waals surface area (Å²) < 4.78 is 5.35. The lowest BCUT2D eigenvalue weighted by Crippen LogP contribution is -2.07. The van der Waals surface area contributed by atoms with Gasteiger partial charge in [-0.3, -0.25) is 0 Å². The van der Waals surface area contributed by atoms with Gasteiger partial charge in [-0.05, 0) is 37.1 Å². The third-order valence-electron chi connectivity index (χ3n) is 3.84. The van der Waals surface area contributed by atoms with Gasteiger partial charge in [0.1, 0.15) is 5.75 Å². The SMILES string of the molecule is COc1ccccc1CNc1nncc(Nc2cc(C)ccc2C)n1. The number of hydrogen-bond acceptors (Lipinski definition) is 6. The van der Waals surface area contributed by atoms with Crippen LogP contribution < -0.4 is 15.4 Å². The minimum absolute atomic E-state index is 0.459. The number of nitrogens with zero attached hydrogens (tertiary/aromatic N) is 3. The first-order valence-electron chi connectivity index (χ1n) is 8.05. The van der Waals surface area contributed by atoms with E-state index in [1.54, 1.807) is 13.3 Å². The molecule has 0 bridgehead atoms. The molecule has 2 aromatic carbocycles. The van der Waals surface area contributed by atoms with E-state index < -0.39 is 0 Å². The lowest BCUT2D eigenvalue weighted by molar-refractivity contribution is 0.410. The van der Waals surface area contributed by atoms with Crippen LogP contribution in [0.2, 0.25) is 0 Å². The summed E-state index contributed by atoms with van der Waals surface area (Å²) in [5.74, 6) is 1.93. The van der Waals surface area contributed by atoms with Gasteiger partial charge in [-0.2, -0.15) is 10.1 Å². The summed E-state index contributed by atoms with van der Waals surface area (Å²) in [6.07, 6.45) is 1.61. The van der Waals surface area contributed by atoms with Crippen LogP contribution in [0.15, 0.2) is 48.7 Å². The number of methoxy groups -OCH3 is 1. The van der Waals surface area contributed by atoms with Gasteiger partial charge in [0.05, 0.1) is 13.3 Å². The summed E-state index contributed by atoms with van der Waals surface area (Å²) in [6.45, 7) is 4.67. The highest BCUT2D eigenvalue weighted by Gasteiger charge is 2.06. The van der Waals surface area contributed by atoms with Crippen molar-refractivity contribution >= 4 is 17.5 Å². The molecule has 0 fully saturated rings. The molecule has 3 aromatic rings. The summed E-state index contributed by atoms with van der Waals surface area (Å²) in [6, 6.07) is 14.1. The first-order chi connectivity index (χ1) is 12.2. The fourth-order valence-electron chi connectivity index (χ4n) is 2.47. The number of rotatable bonds is 6. The van der Waals surface area contributed by atoms with Crippen molar-refractivity contribution in [3.63, 3.8) is 0 Å². The zero-order valence-electron chi connectivity index (χ0n) is 14.6. The molecule has 0 saturated carbocycles. The molecule has 0 unspecified atom stereocenters. The van der Waals surface area contributed by atoms with Gasteiger partial charge in [-0.15, -0.1) is 5.10 Å². The van der Waals surface area contributed by atoms with Crippen molar-refractivity contribution in [3.8, 4) is 5.75 Å². The first-order valence-corrected chi connectivity index (χ1v) is 8.05. The predicted molar refractivity (Wildman–Crippen MR) is 99.3 cm³/mol. The number of hydrogen-bond donors (Lipinski definition) is 2. The molecule has 0 spiro atoms. The molecule has 0 atom stereocenters. The standard InChI is InChI=1S/C19H21N5O/c1-13-8-9-14(2)16(10-13)22-18-12-21-24-19(23-18)20-11-15-6-4-5-7-17(15)25-3/h4-10,12H,11H2,1-3H3,(H2,20,22,23,24). The molecule has 6 heteroatoms. The van der Waals surface area contributed by atoms with E-state index in [9.17, 15) is 0 Å². The van der Waals surface area contributed by atoms with Crippen LogP contribution in [0.1, 0.15) is 16.7 Å². The maximum absolute atomic E-state index is 5.35. The zero-order chi connectivity index (χ0) is 17.6. The first kappa shape index (κ1) is 16.7. The van der Waals surface area contributed by atoms with Gasteiger partial charge in [0, 0.05) is 17.8 Å². The van der Waals surface area contributed by atoms with E-state index >= 15 is 0 Å². The number of ether oxygens (including phenoxy) is 1. The maximum atomic E-state index is 5.35. The predicted octanol–water partition coefficient (Wildman–Crippen LogP) is 3.85. The number of anilines is 3. The van der Waals surface area contributed by atoms with Crippen LogP contribution in [0.3, 0.4) is 0 Å². The largest absolute Gasteiger partial charge is 0.496 e. The monoisotopic (exact) mass is 335 g/mol. The van der Waals surface area contributed by atoms with Crippen molar-refractivity contribution in [2.75, 3.05) is 17.7 Å². The summed E-state index contributed by atoms with van der Waals surface area (Å²) >= 11 is 0. The minimum atomic E-state index is 0.459. The summed E-state index contributed by atoms with van der Waals surface area (Å²) in [5.41, 5.74) is 4.37. The molecule has 6 nitrogen and oxygen atoms in total. The van der Waals surface area contributed by atoms with Crippen molar-refractivity contribution in [2.24, 2.45) is 0 Å². The van der Waals surface area contributed by atoms with Gasteiger partial charge < -0.3 is 15.4 Å². The maximum Gasteiger partial charge on any atom is 0.244 e. The van der Waals surface area contributed by atoms with Gasteiger partial charge >= 0.3 is 0 Å². The van der Waals surface area contributed by atoms with Crippen molar-refractivity contribution in [2.45, 2.75) is 20.4 Å². The quantitative estimate of drug-likeness (QED) is 0.713. The Morgan fingerprint density at radius 1 is 1.08 bits per heavy atom. The molecule has 128 valence electrons. The Labute approximate surface area is 147 Å². The molecule has 0 saturated heterocycles. The minimum Gasteiger partial charge on any atom is -0.496 e. The fraction of sp³-hybridized carbons (Fsp3) is 0.211. The van der Waals surface area contributed by atoms with Crippen molar-refractivity contribution in [1.82, 2.24) is 15.2 Å². The van der Waals surface area contributed by atoms with Crippen LogP contribution in [-0.2, 0) is 6.54 Å². The second-order valence-corrected chi connectivity index (χ2v) is 5.77. The molecule has 0 radical (unpaired) electrons. The molecule has 3 rings (SSSR count). The van der Waals surface area contributed by atoms with E-state index in [2.05, 4.69) is 57.9 Å². The molecule has 2 N–H and O–H groups in total. The molecular formula is C19H21N5O. The van der Waals surface area contributed by atoms with E-state index in [4.69, 9.17) is 4.74 Å². The highest BCUT2D eigenvalue weighted by molar-refractivity contribution is 5.61. The van der Waals surface area contributed by atoms with Crippen molar-refractivity contribution in [3.05, 3.63) is 65.4 Å². The topological polar surface area (TPSA) is 72.0 Å². The normalized spacial score (nSPS) is 10.4. The highest BCUT2D eigenvalue weighted by Crippen LogP contribution is 2.21. The van der Waals surface area contributed by atoms with E-state index in [1.807, 2.05) is 24.3 Å². The third-order valence-corrected chi connectivity index (χ3v) is 3.84. The number of aryl methyl sites for hydroxylation is 2. The average Bonchev–Trinajstić information content (AvgIpc) is 2.63. The molecule has 0 aliphatic rings. The Balaban J connectivity index is 1.72. The van der Waals surface area contributed by atoms with Crippen LogP contribution in [0.4, 0.5) is 17.5 Å². The Hall–Kier alpha value is -3.15. The van der Waals surface area contributed by atoms with Crippen molar-refractivity contribution in [1.29, 1.82) is 0 Å². The summed E-state index contributed by atoms with van der Waals surface area (Å²) in [7, 11) is 1.66. The molecule has 1 aromatic heterocycles. The van der Waals surface area contributed by atoms with E-state index in [0.29, 0.717) is 18.3 Å². The number of benzene rings is 2. The Bertz CT molecular complexity index is 866. The van der Waals surface area contributed by atoms with Gasteiger partial charge in [0.15, 0.2) is 5.82 Å². The zero-order valence-corrected chi connectivity index (χ0v) is 14.6. The second kappa shape index (κ2) is 7.61. The Kier molecular flexibility index (Phi) is 5.09. The van der Waals surface area contributed by atoms with Gasteiger partial charge in [-0.1, -0.05) is 30.3 Å². The smallest absolute Gasteiger partial charge is 0.244 e. The molecule has 1 heterocycles. The van der Waals surface area contributed by atoms with E-state index in [0.717, 1.165) is 22.6 Å². The third kappa shape index (κ3) is 4.23. The van der Waals surface area contributed by atoms with Crippen LogP contribution in [-0.4, -0.2) is 22.3 Å². The van der Waals surface area contributed by atoms with Crippen LogP contribution in [0.5, 0.6) is 5.75 Å². The molecular weight excluding hydrogens is 314 g/mol. The lowest BCUT2D eigenvalue weighted by Gasteiger charge is -2.11. The van der Waals surface area contributed by atoms with Crippen LogP contribution in [0.25, 0.3) is 0 Å². The lowest BCUT2D eigenvalue weighted by atomic mass is 10.1. The Morgan fingerprint density at radius 2 is 1.92 bits per heavy atom. The average molecular weight is 335 g/mol. The fourth-order valence-corrected chi connectivity index (χ4v) is 2.47. The van der Waals surface area contributed by atoms with Crippen LogP contribution in [0, 0.1) is 13.8 Å². The number of nitrogens with one attached hydrogen (secondary N) is 2. The van der Waals surface area contributed by atoms with Gasteiger partial charge in [0.2, 0.25) is 5.95 Å². The molecule has 0 aliphatic carbocycles. The van der Waals surface area contributed by atoms with Crippen molar-refractivity contribution < 1.29 is 4.74 Å². The molecule has 0 amide bonds. The molecule has 0 aliphatic heterocycles. The highest BCUT2D eigenvalue weighted by atomic mass is 16.5. The van der Waals surface area contributed by atoms with Gasteiger partial charge in [0.25, 0.3) is 0 Å². The van der Waals surface area contributed by atoms with E-state index in [1.165, 1.54) is 5.56 Å². The van der Waals surface area contributed by atoms with Gasteiger partial charge in [-0.25, -0.2) is 0 Å².